The van der Waals surface area contributed by atoms with Gasteiger partial charge in [0.15, 0.2) is 0 Å². The molecule has 3 rings (SSSR count). The lowest BCUT2D eigenvalue weighted by Gasteiger charge is -2.30. The van der Waals surface area contributed by atoms with Gasteiger partial charge in [0.2, 0.25) is 5.91 Å². The van der Waals surface area contributed by atoms with Crippen LogP contribution in [0.25, 0.3) is 0 Å². The number of sulfonamides is 1. The average Bonchev–Trinajstić information content (AvgIpc) is 2.79. The van der Waals surface area contributed by atoms with Crippen molar-refractivity contribution in [1.29, 1.82) is 0 Å². The zero-order chi connectivity index (χ0) is 22.4. The third-order valence-corrected chi connectivity index (χ3v) is 7.12. The lowest BCUT2D eigenvalue weighted by Crippen LogP contribution is -2.49. The molecule has 1 saturated carbocycles. The first-order valence-electron chi connectivity index (χ1n) is 10.1. The van der Waals surface area contributed by atoms with Crippen molar-refractivity contribution in [1.82, 2.24) is 5.32 Å². The number of ether oxygens (including phenoxy) is 2. The van der Waals surface area contributed by atoms with E-state index >= 15 is 0 Å². The van der Waals surface area contributed by atoms with E-state index in [0.717, 1.165) is 17.1 Å². The van der Waals surface area contributed by atoms with Crippen LogP contribution < -0.4 is 19.1 Å². The van der Waals surface area contributed by atoms with E-state index in [9.17, 15) is 18.3 Å². The monoisotopic (exact) mass is 448 g/mol. The minimum Gasteiger partial charge on any atom is -0.497 e. The van der Waals surface area contributed by atoms with Crippen LogP contribution in [-0.4, -0.2) is 52.3 Å². The maximum Gasteiger partial charge on any atom is 0.264 e. The predicted octanol–water partition coefficient (Wildman–Crippen LogP) is 2.32. The summed E-state index contributed by atoms with van der Waals surface area (Å²) < 4.78 is 38.6. The molecule has 0 aromatic heterocycles. The molecule has 2 aromatic carbocycles. The van der Waals surface area contributed by atoms with Crippen molar-refractivity contribution < 1.29 is 27.8 Å². The van der Waals surface area contributed by atoms with Crippen molar-refractivity contribution in [3.05, 3.63) is 48.5 Å². The zero-order valence-electron chi connectivity index (χ0n) is 17.7. The number of benzene rings is 2. The minimum atomic E-state index is -4.09. The Labute approximate surface area is 182 Å². The van der Waals surface area contributed by atoms with Crippen molar-refractivity contribution in [2.24, 2.45) is 0 Å². The first kappa shape index (κ1) is 22.9. The summed E-state index contributed by atoms with van der Waals surface area (Å²) in [5.74, 6) is 0.202. The fraction of sp³-hybridized carbons (Fsp3) is 0.409. The molecule has 1 aliphatic carbocycles. The molecule has 31 heavy (non-hydrogen) atoms. The second-order valence-corrected chi connectivity index (χ2v) is 9.25. The fourth-order valence-corrected chi connectivity index (χ4v) is 5.12. The first-order chi connectivity index (χ1) is 14.9. The number of aliphatic hydroxyl groups is 1. The van der Waals surface area contributed by atoms with Gasteiger partial charge in [-0.25, -0.2) is 8.42 Å². The maximum atomic E-state index is 13.5. The second-order valence-electron chi connectivity index (χ2n) is 7.39. The van der Waals surface area contributed by atoms with Gasteiger partial charge in [0, 0.05) is 6.07 Å². The molecule has 0 bridgehead atoms. The third kappa shape index (κ3) is 5.29. The third-order valence-electron chi connectivity index (χ3n) is 5.35. The number of carbonyl (C=O) groups excluding carboxylic acids is 1. The maximum absolute atomic E-state index is 13.5. The van der Waals surface area contributed by atoms with E-state index in [4.69, 9.17) is 9.47 Å². The van der Waals surface area contributed by atoms with Gasteiger partial charge in [-0.2, -0.15) is 0 Å². The number of hydrogen-bond donors (Lipinski definition) is 2. The molecule has 0 heterocycles. The van der Waals surface area contributed by atoms with Gasteiger partial charge < -0.3 is 19.9 Å². The minimum absolute atomic E-state index is 0.0466. The smallest absolute Gasteiger partial charge is 0.264 e. The van der Waals surface area contributed by atoms with Crippen LogP contribution in [0.1, 0.15) is 25.7 Å². The number of methoxy groups -OCH3 is 2. The number of nitrogens with one attached hydrogen (secondary N) is 1. The highest BCUT2D eigenvalue weighted by atomic mass is 32.2. The molecule has 2 aromatic rings. The summed E-state index contributed by atoms with van der Waals surface area (Å²) >= 11 is 0. The molecule has 1 aliphatic rings. The van der Waals surface area contributed by atoms with E-state index in [1.54, 1.807) is 30.3 Å². The summed E-state index contributed by atoms with van der Waals surface area (Å²) in [5, 5.41) is 13.0. The number of anilines is 1. The highest BCUT2D eigenvalue weighted by Crippen LogP contribution is 2.35. The number of amides is 1. The normalized spacial score (nSPS) is 18.8. The van der Waals surface area contributed by atoms with E-state index in [1.165, 1.54) is 32.4 Å². The van der Waals surface area contributed by atoms with Crippen LogP contribution in [0.15, 0.2) is 53.4 Å². The Kier molecular flexibility index (Phi) is 7.40. The van der Waals surface area contributed by atoms with Crippen molar-refractivity contribution in [3.63, 3.8) is 0 Å². The van der Waals surface area contributed by atoms with Gasteiger partial charge in [-0.3, -0.25) is 9.10 Å². The lowest BCUT2D eigenvalue weighted by molar-refractivity contribution is -0.121. The summed E-state index contributed by atoms with van der Waals surface area (Å²) in [6, 6.07) is 12.2. The molecule has 0 aliphatic heterocycles. The molecule has 9 heteroatoms. The molecule has 2 atom stereocenters. The summed E-state index contributed by atoms with van der Waals surface area (Å²) in [5.41, 5.74) is 0.185. The van der Waals surface area contributed by atoms with Crippen LogP contribution in [0.2, 0.25) is 0 Å². The summed E-state index contributed by atoms with van der Waals surface area (Å²) in [7, 11) is -1.19. The van der Waals surface area contributed by atoms with Crippen molar-refractivity contribution in [3.8, 4) is 11.5 Å². The van der Waals surface area contributed by atoms with E-state index in [-0.39, 0.29) is 16.3 Å². The van der Waals surface area contributed by atoms with E-state index < -0.39 is 34.6 Å². The second kappa shape index (κ2) is 10.0. The van der Waals surface area contributed by atoms with Crippen LogP contribution in [-0.2, 0) is 14.8 Å². The summed E-state index contributed by atoms with van der Waals surface area (Å²) in [6.07, 6.45) is 2.44. The van der Waals surface area contributed by atoms with E-state index in [1.807, 2.05) is 0 Å². The largest absolute Gasteiger partial charge is 0.497 e. The molecule has 8 nitrogen and oxygen atoms in total. The standard InChI is InChI=1S/C22H28N2O6S/c1-29-16-12-13-21(30-2)19(14-16)24(31(27,28)17-8-4-3-5-9-17)15-22(26)23-18-10-6-7-11-20(18)25/h3-5,8-9,12-14,18,20,25H,6-7,10-11,15H2,1-2H3,(H,23,26)/t18-,20+/m1/s1. The predicted molar refractivity (Wildman–Crippen MR) is 117 cm³/mol. The summed E-state index contributed by atoms with van der Waals surface area (Å²) in [4.78, 5) is 12.9. The van der Waals surface area contributed by atoms with Gasteiger partial charge in [0.25, 0.3) is 10.0 Å². The van der Waals surface area contributed by atoms with Gasteiger partial charge in [0.1, 0.15) is 18.0 Å². The molecule has 1 fully saturated rings. The SMILES string of the molecule is COc1ccc(OC)c(N(CC(=O)N[C@@H]2CCCC[C@@H]2O)S(=O)(=O)c2ccccc2)c1. The van der Waals surface area contributed by atoms with E-state index in [0.29, 0.717) is 18.6 Å². The molecule has 0 unspecified atom stereocenters. The highest BCUT2D eigenvalue weighted by Gasteiger charge is 2.31. The van der Waals surface area contributed by atoms with Gasteiger partial charge in [-0.05, 0) is 37.1 Å². The Morgan fingerprint density at radius 3 is 2.45 bits per heavy atom. The van der Waals surface area contributed by atoms with Gasteiger partial charge in [0.05, 0.1) is 36.9 Å². The number of hydrogen-bond acceptors (Lipinski definition) is 6. The van der Waals surface area contributed by atoms with Crippen LogP contribution in [0.5, 0.6) is 11.5 Å². The number of nitrogens with zero attached hydrogens (tertiary/aromatic N) is 1. The van der Waals surface area contributed by atoms with Crippen molar-refractivity contribution in [2.75, 3.05) is 25.1 Å². The molecule has 1 amide bonds. The summed E-state index contributed by atoms with van der Waals surface area (Å²) in [6.45, 7) is -0.468. The van der Waals surface area contributed by atoms with Crippen LogP contribution in [0.4, 0.5) is 5.69 Å². The molecule has 0 saturated heterocycles. The number of rotatable bonds is 8. The topological polar surface area (TPSA) is 105 Å². The Hall–Kier alpha value is -2.78. The Balaban J connectivity index is 1.98. The highest BCUT2D eigenvalue weighted by molar-refractivity contribution is 7.92. The average molecular weight is 449 g/mol. The van der Waals surface area contributed by atoms with Crippen LogP contribution in [0, 0.1) is 0 Å². The molecule has 0 radical (unpaired) electrons. The molecular formula is C22H28N2O6S. The number of carbonyl (C=O) groups is 1. The quantitative estimate of drug-likeness (QED) is 0.642. The Morgan fingerprint density at radius 2 is 1.81 bits per heavy atom. The van der Waals surface area contributed by atoms with Gasteiger partial charge in [-0.1, -0.05) is 31.0 Å². The van der Waals surface area contributed by atoms with Crippen LogP contribution in [0.3, 0.4) is 0 Å². The zero-order valence-corrected chi connectivity index (χ0v) is 18.5. The fourth-order valence-electron chi connectivity index (χ4n) is 3.67. The molecule has 2 N–H and O–H groups in total. The first-order valence-corrected chi connectivity index (χ1v) is 11.6. The van der Waals surface area contributed by atoms with Gasteiger partial charge >= 0.3 is 0 Å². The van der Waals surface area contributed by atoms with Crippen molar-refractivity contribution >= 4 is 21.6 Å². The van der Waals surface area contributed by atoms with E-state index in [2.05, 4.69) is 5.32 Å². The van der Waals surface area contributed by atoms with Crippen molar-refractivity contribution in [2.45, 2.75) is 42.7 Å². The Bertz CT molecular complexity index is 996. The van der Waals surface area contributed by atoms with Gasteiger partial charge in [-0.15, -0.1) is 0 Å². The molecule has 0 spiro atoms. The molecule has 168 valence electrons. The Morgan fingerprint density at radius 1 is 1.10 bits per heavy atom. The number of aliphatic hydroxyl groups excluding tert-OH is 1. The molecular weight excluding hydrogens is 420 g/mol. The lowest BCUT2D eigenvalue weighted by atomic mass is 9.92. The van der Waals surface area contributed by atoms with Crippen LogP contribution >= 0.6 is 0 Å².